The smallest absolute Gasteiger partial charge is 0.220 e. The Kier molecular flexibility index (Phi) is 50.2. The summed E-state index contributed by atoms with van der Waals surface area (Å²) in [6.45, 7) is 3.66. The predicted octanol–water partition coefficient (Wildman–Crippen LogP) is 15.2. The number of hydrogen-bond acceptors (Lipinski definition) is 9. The molecule has 0 radical (unpaired) electrons. The van der Waals surface area contributed by atoms with E-state index in [0.29, 0.717) is 6.42 Å². The Labute approximate surface area is 445 Å². The summed E-state index contributed by atoms with van der Waals surface area (Å²) in [6, 6.07) is -0.986. The number of aliphatic hydroxyl groups is 6. The van der Waals surface area contributed by atoms with Gasteiger partial charge in [0.05, 0.1) is 25.4 Å². The lowest BCUT2D eigenvalue weighted by Gasteiger charge is -2.40. The quantitative estimate of drug-likeness (QED) is 0.0293. The maximum Gasteiger partial charge on any atom is 0.220 e. The van der Waals surface area contributed by atoms with Gasteiger partial charge in [-0.2, -0.15) is 0 Å². The largest absolute Gasteiger partial charge is 0.394 e. The van der Waals surface area contributed by atoms with Crippen LogP contribution in [0, 0.1) is 0 Å². The molecule has 1 heterocycles. The van der Waals surface area contributed by atoms with Gasteiger partial charge in [0.2, 0.25) is 5.91 Å². The predicted molar refractivity (Wildman–Crippen MR) is 301 cm³/mol. The van der Waals surface area contributed by atoms with Gasteiger partial charge in [-0.25, -0.2) is 0 Å². The molecule has 1 amide bonds. The average molecular weight is 1030 g/mol. The van der Waals surface area contributed by atoms with Crippen molar-refractivity contribution in [1.29, 1.82) is 0 Å². The molecule has 10 nitrogen and oxygen atoms in total. The number of ether oxygens (including phenoxy) is 2. The van der Waals surface area contributed by atoms with Crippen molar-refractivity contribution in [1.82, 2.24) is 5.32 Å². The van der Waals surface area contributed by atoms with Gasteiger partial charge >= 0.3 is 0 Å². The first kappa shape index (κ1) is 69.2. The highest BCUT2D eigenvalue weighted by Gasteiger charge is 2.44. The summed E-state index contributed by atoms with van der Waals surface area (Å²) in [7, 11) is 0. The van der Waals surface area contributed by atoms with Gasteiger partial charge in [-0.15, -0.1) is 0 Å². The van der Waals surface area contributed by atoms with E-state index in [1.54, 1.807) is 0 Å². The molecule has 0 bridgehead atoms. The standard InChI is InChI=1S/C62H123NO9/c1-3-5-7-9-11-13-15-17-19-20-21-22-23-24-25-26-27-28-29-30-31-32-33-34-35-36-37-39-41-43-45-47-49-51-57(66)63-54(53-71-62-61(70)60(69)59(68)56(52-64)72-62)58(67)55(65)50-48-46-44-42-40-38-18-16-14-12-10-8-6-4-2/h54-56,58-62,64-65,67-70H,3-53H2,1-2H3,(H,63,66)/t54-,55+,56+,58-,59-,60?,61?,62+/m0/s1. The van der Waals surface area contributed by atoms with Gasteiger partial charge in [0.15, 0.2) is 6.29 Å². The number of amides is 1. The van der Waals surface area contributed by atoms with Crippen molar-refractivity contribution < 1.29 is 44.9 Å². The second kappa shape index (κ2) is 52.2. The molecule has 72 heavy (non-hydrogen) atoms. The van der Waals surface area contributed by atoms with Crippen LogP contribution < -0.4 is 5.32 Å². The van der Waals surface area contributed by atoms with Gasteiger partial charge in [0, 0.05) is 6.42 Å². The molecule has 7 N–H and O–H groups in total. The Balaban J connectivity index is 2.11. The summed E-state index contributed by atoms with van der Waals surface area (Å²) in [4.78, 5) is 13.1. The first-order chi connectivity index (χ1) is 35.3. The van der Waals surface area contributed by atoms with Crippen molar-refractivity contribution in [2.75, 3.05) is 13.2 Å². The fourth-order valence-electron chi connectivity index (χ4n) is 10.7. The van der Waals surface area contributed by atoms with E-state index < -0.39 is 55.6 Å². The minimum Gasteiger partial charge on any atom is -0.394 e. The topological polar surface area (TPSA) is 169 Å². The summed E-state index contributed by atoms with van der Waals surface area (Å²) in [5, 5.41) is 65.6. The molecule has 0 aromatic heterocycles. The zero-order valence-corrected chi connectivity index (χ0v) is 47.6. The molecule has 10 heteroatoms. The van der Waals surface area contributed by atoms with Gasteiger partial charge < -0.3 is 45.4 Å². The van der Waals surface area contributed by atoms with Gasteiger partial charge in [-0.05, 0) is 12.8 Å². The van der Waals surface area contributed by atoms with E-state index in [2.05, 4.69) is 19.2 Å². The molecule has 430 valence electrons. The number of hydrogen-bond donors (Lipinski definition) is 7. The Morgan fingerprint density at radius 1 is 0.431 bits per heavy atom. The number of carbonyl (C=O) groups is 1. The lowest BCUT2D eigenvalue weighted by atomic mass is 9.98. The third-order valence-electron chi connectivity index (χ3n) is 15.8. The van der Waals surface area contributed by atoms with Crippen molar-refractivity contribution >= 4 is 5.91 Å². The number of unbranched alkanes of at least 4 members (excludes halogenated alkanes) is 45. The summed E-state index contributed by atoms with van der Waals surface area (Å²) in [5.41, 5.74) is 0. The van der Waals surface area contributed by atoms with E-state index in [1.807, 2.05) is 0 Å². The average Bonchev–Trinajstić information content (AvgIpc) is 3.38. The van der Waals surface area contributed by atoms with Crippen LogP contribution in [-0.2, 0) is 14.3 Å². The number of nitrogens with one attached hydrogen (secondary N) is 1. The highest BCUT2D eigenvalue weighted by atomic mass is 16.7. The summed E-state index contributed by atoms with van der Waals surface area (Å²) >= 11 is 0. The van der Waals surface area contributed by atoms with Crippen LogP contribution >= 0.6 is 0 Å². The number of aliphatic hydroxyl groups excluding tert-OH is 6. The van der Waals surface area contributed by atoms with Crippen LogP contribution in [0.15, 0.2) is 0 Å². The van der Waals surface area contributed by atoms with Crippen molar-refractivity contribution in [3.63, 3.8) is 0 Å². The maximum absolute atomic E-state index is 13.1. The van der Waals surface area contributed by atoms with E-state index in [0.717, 1.165) is 38.5 Å². The third-order valence-corrected chi connectivity index (χ3v) is 15.8. The van der Waals surface area contributed by atoms with E-state index in [-0.39, 0.29) is 18.9 Å². The fourth-order valence-corrected chi connectivity index (χ4v) is 10.7. The van der Waals surface area contributed by atoms with Gasteiger partial charge in [0.1, 0.15) is 30.5 Å². The molecule has 8 atom stereocenters. The van der Waals surface area contributed by atoms with Crippen LogP contribution in [0.5, 0.6) is 0 Å². The molecule has 1 fully saturated rings. The van der Waals surface area contributed by atoms with E-state index in [9.17, 15) is 35.4 Å². The normalized spacial score (nSPS) is 19.5. The molecule has 1 rings (SSSR count). The van der Waals surface area contributed by atoms with Gasteiger partial charge in [-0.1, -0.05) is 309 Å². The molecule has 0 saturated carbocycles. The zero-order valence-electron chi connectivity index (χ0n) is 47.6. The molecule has 1 aliphatic heterocycles. The lowest BCUT2D eigenvalue weighted by molar-refractivity contribution is -0.303. The monoisotopic (exact) mass is 1030 g/mol. The van der Waals surface area contributed by atoms with Crippen LogP contribution in [0.25, 0.3) is 0 Å². The molecule has 1 saturated heterocycles. The summed E-state index contributed by atoms with van der Waals surface area (Å²) < 4.78 is 11.2. The molecule has 0 aliphatic carbocycles. The van der Waals surface area contributed by atoms with Gasteiger partial charge in [0.25, 0.3) is 0 Å². The highest BCUT2D eigenvalue weighted by molar-refractivity contribution is 5.76. The lowest BCUT2D eigenvalue weighted by Crippen LogP contribution is -2.60. The molecule has 0 aromatic rings. The second-order valence-electron chi connectivity index (χ2n) is 22.7. The van der Waals surface area contributed by atoms with Crippen LogP contribution in [-0.4, -0.2) is 98.7 Å². The maximum atomic E-state index is 13.1. The molecular weight excluding hydrogens is 903 g/mol. The van der Waals surface area contributed by atoms with E-state index in [1.165, 1.54) is 263 Å². The van der Waals surface area contributed by atoms with E-state index in [4.69, 9.17) is 9.47 Å². The van der Waals surface area contributed by atoms with Crippen LogP contribution in [0.1, 0.15) is 328 Å². The zero-order chi connectivity index (χ0) is 52.4. The Morgan fingerprint density at radius 3 is 1.03 bits per heavy atom. The molecule has 0 spiro atoms. The van der Waals surface area contributed by atoms with Crippen molar-refractivity contribution in [2.45, 2.75) is 377 Å². The molecule has 2 unspecified atom stereocenters. The SMILES string of the molecule is CCCCCCCCCCCCCCCCCCCCCCCCCCCCCCCCCCCC(=O)N[C@@H](CO[C@@H]1O[C@H](CO)[C@H](O)C(O)C1O)[C@H](O)[C@H](O)CCCCCCCCCCCCCCCC. The van der Waals surface area contributed by atoms with Gasteiger partial charge in [-0.3, -0.25) is 4.79 Å². The minimum atomic E-state index is -1.60. The molecule has 1 aliphatic rings. The van der Waals surface area contributed by atoms with Crippen LogP contribution in [0.3, 0.4) is 0 Å². The first-order valence-corrected chi connectivity index (χ1v) is 31.8. The van der Waals surface area contributed by atoms with Crippen LogP contribution in [0.4, 0.5) is 0 Å². The van der Waals surface area contributed by atoms with E-state index >= 15 is 0 Å². The first-order valence-electron chi connectivity index (χ1n) is 31.8. The second-order valence-corrected chi connectivity index (χ2v) is 22.7. The van der Waals surface area contributed by atoms with Crippen molar-refractivity contribution in [2.24, 2.45) is 0 Å². The summed E-state index contributed by atoms with van der Waals surface area (Å²) in [5.74, 6) is -0.249. The highest BCUT2D eigenvalue weighted by Crippen LogP contribution is 2.24. The Bertz CT molecular complexity index is 1110. The summed E-state index contributed by atoms with van der Waals surface area (Å²) in [6.07, 6.45) is 53.0. The van der Waals surface area contributed by atoms with Crippen molar-refractivity contribution in [3.05, 3.63) is 0 Å². The Morgan fingerprint density at radius 2 is 0.722 bits per heavy atom. The molecule has 0 aromatic carbocycles. The van der Waals surface area contributed by atoms with Crippen molar-refractivity contribution in [3.8, 4) is 0 Å². The number of rotatable bonds is 56. The van der Waals surface area contributed by atoms with Crippen LogP contribution in [0.2, 0.25) is 0 Å². The Hall–Kier alpha value is -0.850. The number of carbonyl (C=O) groups excluding carboxylic acids is 1. The molecular formula is C62H123NO9. The minimum absolute atomic E-state index is 0.249. The third kappa shape index (κ3) is 40.4. The fraction of sp³-hybridized carbons (Fsp3) is 0.984.